The van der Waals surface area contributed by atoms with Gasteiger partial charge in [-0.15, -0.1) is 0 Å². The predicted molar refractivity (Wildman–Crippen MR) is 563 cm³/mol. The summed E-state index contributed by atoms with van der Waals surface area (Å²) in [5.41, 5.74) is 30.2. The zero-order valence-corrected chi connectivity index (χ0v) is 88.2. The minimum atomic E-state index is -4.26. The fourth-order valence-corrected chi connectivity index (χ4v) is 23.0. The third-order valence-corrected chi connectivity index (χ3v) is 30.9. The molecule has 11 aromatic rings. The van der Waals surface area contributed by atoms with Crippen LogP contribution in [0, 0.1) is 37.5 Å². The Morgan fingerprint density at radius 1 is 0.434 bits per heavy atom. The quantitative estimate of drug-likeness (QED) is 0.0237. The van der Waals surface area contributed by atoms with Gasteiger partial charge in [-0.3, -0.25) is 19.2 Å². The summed E-state index contributed by atoms with van der Waals surface area (Å²) in [5, 5.41) is -1.00. The first kappa shape index (κ1) is 108. The number of amides is 4. The smallest absolute Gasteiger partial charge is 0.304 e. The number of sulfonamides is 3. The molecule has 12 N–H and O–H groups in total. The van der Waals surface area contributed by atoms with Gasteiger partial charge < -0.3 is 56.7 Å². The van der Waals surface area contributed by atoms with E-state index in [2.05, 4.69) is 158 Å². The number of nitrogens with one attached hydrogen (secondary N) is 4. The van der Waals surface area contributed by atoms with Crippen molar-refractivity contribution in [3.05, 3.63) is 227 Å². The highest BCUT2D eigenvalue weighted by Crippen LogP contribution is 2.44. The molecule has 14 heterocycles. The van der Waals surface area contributed by atoms with Crippen molar-refractivity contribution in [2.24, 2.45) is 29.4 Å². The lowest BCUT2D eigenvalue weighted by atomic mass is 9.97. The lowest BCUT2D eigenvalue weighted by Gasteiger charge is -2.34. The molecule has 0 saturated carbocycles. The standard InChI is InChI=1S/C28H36N6O4S.C27H31N5O4S.C26H32N6O4S.C23H31N5O3S/c1-7-19(4)38-27-18(3)13-20(15-30-27)22-12-11-21(25(31-22)34-16-17(2)14-28(34,5)6)26(35)33-39(36,37)24-10-8-9-23(29)32-24;1-18-15-27(2,3)32(17-18)25-22(26(33)31-37(34,35)24-7-5-6-23(28)30-24)14-20(16-29-25)9-8-19-10-12-21(36-4)13-11-19;1-6-36-25-17(3)12-18(14-28-25)20-11-10-19(23(29-20)32-15-16(2)13-26(32,4)5)24(33)31-37(34,35)22-9-7-8-21(27)30-22;1-16-13-23(2,3)28(14-16)21-19(9-10-20(25-21)17-7-5-4-6-8-17)22(29)26-32(30,31)27-12-11-18(24)15-27/h8-13,15,17,19H,7,14,16H2,1-6H3,(H2,29,32)(H,33,35);5-14,16,18H,15,17H2,1-4H3,(H2,28,30)(H,31,33);7-12,14,16H,6,13,15H2,1-5H3,(H2,27,30)(H,31,33);4-10,16,18H,11-15,24H2,1-3H3,(H,26,29)/b;9-8+;;/t17-,19?;;16-;16-,18-/m0.00/s1. The molecule has 770 valence electrons. The van der Waals surface area contributed by atoms with Gasteiger partial charge in [0.2, 0.25) is 11.8 Å². The third-order valence-electron chi connectivity index (χ3n) is 25.8. The van der Waals surface area contributed by atoms with E-state index in [1.54, 1.807) is 68.2 Å². The lowest BCUT2D eigenvalue weighted by molar-refractivity contribution is 0.0970. The summed E-state index contributed by atoms with van der Waals surface area (Å²) in [7, 11) is -15.1. The van der Waals surface area contributed by atoms with Crippen LogP contribution >= 0.6 is 0 Å². The van der Waals surface area contributed by atoms with E-state index in [1.807, 2.05) is 107 Å². The zero-order valence-electron chi connectivity index (χ0n) is 85.0. The molecule has 16 rings (SSSR count). The van der Waals surface area contributed by atoms with Gasteiger partial charge in [-0.25, -0.2) is 63.7 Å². The normalized spacial score (nSPS) is 18.6. The SMILES string of the molecule is CCC(C)Oc1ncc(-c2ccc(C(=O)NS(=O)(=O)c3cccc(N)n3)c(N3C[C@@H](C)CC3(C)C)n2)cc1C.CCOc1ncc(-c2ccc(C(=O)NS(=O)(=O)c3cccc(N)n3)c(N3C[C@@H](C)CC3(C)C)n2)cc1C.COc1ccc(/C=C/c2cnc(N3CC(C)CC3(C)C)c(C(=O)NS(=O)(=O)c3cccc(N)n3)c2)cc1.C[C@@H]1CN(c2nc(-c3ccccc3)ccc2C(=O)NS(=O)(=O)N2CC[C@H](N)C2)C(C)(C)C1. The first-order chi connectivity index (χ1) is 68.3. The number of aryl methyl sites for hydroxylation is 2. The Morgan fingerprint density at radius 3 is 1.17 bits per heavy atom. The molecule has 4 amide bonds. The Balaban J connectivity index is 0.000000162. The van der Waals surface area contributed by atoms with Gasteiger partial charge in [-0.1, -0.05) is 107 Å². The molecule has 2 aromatic carbocycles. The van der Waals surface area contributed by atoms with Crippen LogP contribution in [0.2, 0.25) is 0 Å². The van der Waals surface area contributed by atoms with Crippen molar-refractivity contribution in [1.82, 2.24) is 68.0 Å². The summed E-state index contributed by atoms with van der Waals surface area (Å²) in [6, 6.07) is 45.2. The molecular formula is C104H130N22O15S4. The molecule has 41 heteroatoms. The molecule has 145 heavy (non-hydrogen) atoms. The number of hydrogen-bond acceptors (Lipinski definition) is 32. The number of methoxy groups -OCH3 is 1. The highest BCUT2D eigenvalue weighted by molar-refractivity contribution is 7.90. The highest BCUT2D eigenvalue weighted by atomic mass is 32.2. The Labute approximate surface area is 849 Å². The van der Waals surface area contributed by atoms with Crippen molar-refractivity contribution in [2.75, 3.05) is 89.8 Å². The average molecular weight is 2060 g/mol. The van der Waals surface area contributed by atoms with Crippen molar-refractivity contribution in [2.45, 2.75) is 206 Å². The fourth-order valence-electron chi connectivity index (χ4n) is 19.0. The van der Waals surface area contributed by atoms with Crippen LogP contribution in [0.3, 0.4) is 0 Å². The Hall–Kier alpha value is -13.9. The fraction of sp³-hybridized carbons (Fsp3) is 0.394. The van der Waals surface area contributed by atoms with Crippen molar-refractivity contribution in [3.63, 3.8) is 0 Å². The third kappa shape index (κ3) is 26.3. The molecule has 0 radical (unpaired) electrons. The Kier molecular flexibility index (Phi) is 33.2. The van der Waals surface area contributed by atoms with Gasteiger partial charge in [-0.05, 0) is 260 Å². The molecule has 2 unspecified atom stereocenters. The largest absolute Gasteiger partial charge is 0.497 e. The molecule has 6 atom stereocenters. The van der Waals surface area contributed by atoms with Crippen molar-refractivity contribution >= 4 is 117 Å². The molecule has 5 aliphatic rings. The monoisotopic (exact) mass is 2050 g/mol. The second-order valence-electron chi connectivity index (χ2n) is 40.1. The minimum absolute atomic E-state index is 0.0362. The van der Waals surface area contributed by atoms with Crippen LogP contribution in [0.25, 0.3) is 45.9 Å². The molecule has 5 saturated heterocycles. The number of rotatable bonds is 27. The molecule has 9 aromatic heterocycles. The topological polar surface area (TPSA) is 517 Å². The number of carbonyl (C=O) groups excluding carboxylic acids is 4. The van der Waals surface area contributed by atoms with Crippen LogP contribution in [0.5, 0.6) is 17.5 Å². The van der Waals surface area contributed by atoms with E-state index in [1.165, 1.54) is 58.9 Å². The van der Waals surface area contributed by atoms with Gasteiger partial charge in [-0.2, -0.15) is 38.0 Å². The Bertz CT molecular complexity index is 7150. The maximum Gasteiger partial charge on any atom is 0.304 e. The maximum atomic E-state index is 13.4. The van der Waals surface area contributed by atoms with Crippen LogP contribution in [-0.2, 0) is 40.3 Å². The van der Waals surface area contributed by atoms with E-state index in [0.717, 1.165) is 83.5 Å². The van der Waals surface area contributed by atoms with Crippen molar-refractivity contribution < 1.29 is 67.1 Å². The van der Waals surface area contributed by atoms with Gasteiger partial charge in [0.05, 0.1) is 59.2 Å². The first-order valence-corrected chi connectivity index (χ1v) is 53.9. The maximum absolute atomic E-state index is 13.4. The van der Waals surface area contributed by atoms with E-state index >= 15 is 0 Å². The van der Waals surface area contributed by atoms with Crippen LogP contribution in [-0.4, -0.2) is 194 Å². The summed E-state index contributed by atoms with van der Waals surface area (Å²) in [6.45, 7) is 39.0. The number of nitrogens with zero attached hydrogens (tertiary/aromatic N) is 14. The lowest BCUT2D eigenvalue weighted by Crippen LogP contribution is -2.44. The van der Waals surface area contributed by atoms with Crippen LogP contribution in [0.4, 0.5) is 40.7 Å². The highest BCUT2D eigenvalue weighted by Gasteiger charge is 2.45. The number of hydrogen-bond donors (Lipinski definition) is 8. The number of anilines is 7. The molecular weight excluding hydrogens is 1930 g/mol. The van der Waals surface area contributed by atoms with Gasteiger partial charge in [0.25, 0.3) is 53.7 Å². The molecule has 0 bridgehead atoms. The number of nitrogen functional groups attached to an aromatic ring is 3. The first-order valence-electron chi connectivity index (χ1n) is 48.0. The summed E-state index contributed by atoms with van der Waals surface area (Å²) in [6.07, 6.45) is 13.9. The van der Waals surface area contributed by atoms with Gasteiger partial charge in [0.1, 0.15) is 46.5 Å². The average Bonchev–Trinajstić information content (AvgIpc) is 1.74. The zero-order chi connectivity index (χ0) is 105. The molecule has 37 nitrogen and oxygen atoms in total. The van der Waals surface area contributed by atoms with Crippen LogP contribution in [0.1, 0.15) is 206 Å². The number of nitrogens with two attached hydrogens (primary N) is 4. The van der Waals surface area contributed by atoms with E-state index in [0.29, 0.717) is 115 Å². The summed E-state index contributed by atoms with van der Waals surface area (Å²) >= 11 is 0. The van der Waals surface area contributed by atoms with Crippen LogP contribution < -0.4 is 75.6 Å². The number of carbonyl (C=O) groups is 4. The van der Waals surface area contributed by atoms with Gasteiger partial charge >= 0.3 is 10.2 Å². The van der Waals surface area contributed by atoms with E-state index < -0.39 is 63.9 Å². The van der Waals surface area contributed by atoms with E-state index in [-0.39, 0.29) is 95.6 Å². The minimum Gasteiger partial charge on any atom is -0.497 e. The summed E-state index contributed by atoms with van der Waals surface area (Å²) < 4.78 is 130. The number of pyridine rings is 9. The second-order valence-corrected chi connectivity index (χ2v) is 46.6. The summed E-state index contributed by atoms with van der Waals surface area (Å²) in [5.74, 6) is 2.23. The summed E-state index contributed by atoms with van der Waals surface area (Å²) in [4.78, 5) is 101. The van der Waals surface area contributed by atoms with Crippen molar-refractivity contribution in [3.8, 4) is 51.3 Å². The van der Waals surface area contributed by atoms with Gasteiger partial charge in [0.15, 0.2) is 15.1 Å². The number of benzene rings is 2. The van der Waals surface area contributed by atoms with E-state index in [4.69, 9.17) is 52.1 Å². The molecule has 5 aliphatic heterocycles. The molecule has 0 aliphatic carbocycles. The van der Waals surface area contributed by atoms with Gasteiger partial charge in [0, 0.05) is 114 Å². The van der Waals surface area contributed by atoms with E-state index in [9.17, 15) is 52.8 Å². The number of aromatic nitrogens is 9. The number of ether oxygens (including phenoxy) is 3. The molecule has 0 spiro atoms. The Morgan fingerprint density at radius 2 is 0.814 bits per heavy atom. The van der Waals surface area contributed by atoms with Crippen molar-refractivity contribution in [1.29, 1.82) is 0 Å². The van der Waals surface area contributed by atoms with Crippen LogP contribution in [0.15, 0.2) is 197 Å². The second kappa shape index (κ2) is 44.4. The molecule has 5 fully saturated rings. The predicted octanol–water partition coefficient (Wildman–Crippen LogP) is 14.3.